The SMILES string of the molecule is CCC1c2ccc(CNCC(F)(F)F)cc2CCN1C(=O)OC. The summed E-state index contributed by atoms with van der Waals surface area (Å²) < 4.78 is 41.3. The second-order valence-corrected chi connectivity index (χ2v) is 5.59. The van der Waals surface area contributed by atoms with Crippen LogP contribution in [-0.4, -0.2) is 37.4 Å². The Hall–Kier alpha value is -1.76. The average molecular weight is 330 g/mol. The summed E-state index contributed by atoms with van der Waals surface area (Å²) in [7, 11) is 1.36. The van der Waals surface area contributed by atoms with E-state index < -0.39 is 12.7 Å². The van der Waals surface area contributed by atoms with Crippen LogP contribution < -0.4 is 5.32 Å². The minimum Gasteiger partial charge on any atom is -0.453 e. The fourth-order valence-corrected chi connectivity index (χ4v) is 3.00. The fourth-order valence-electron chi connectivity index (χ4n) is 3.00. The van der Waals surface area contributed by atoms with Gasteiger partial charge in [-0.1, -0.05) is 25.1 Å². The van der Waals surface area contributed by atoms with E-state index in [1.54, 1.807) is 4.90 Å². The number of ether oxygens (including phenoxy) is 1. The van der Waals surface area contributed by atoms with Crippen molar-refractivity contribution in [3.05, 3.63) is 34.9 Å². The number of nitrogens with one attached hydrogen (secondary N) is 1. The lowest BCUT2D eigenvalue weighted by atomic mass is 9.90. The van der Waals surface area contributed by atoms with Crippen LogP contribution in [-0.2, 0) is 17.7 Å². The highest BCUT2D eigenvalue weighted by atomic mass is 19.4. The van der Waals surface area contributed by atoms with Gasteiger partial charge in [0.05, 0.1) is 19.7 Å². The zero-order valence-corrected chi connectivity index (χ0v) is 13.2. The zero-order chi connectivity index (χ0) is 17.0. The molecular weight excluding hydrogens is 309 g/mol. The lowest BCUT2D eigenvalue weighted by Gasteiger charge is -2.36. The molecule has 1 heterocycles. The van der Waals surface area contributed by atoms with Crippen LogP contribution in [0.15, 0.2) is 18.2 Å². The van der Waals surface area contributed by atoms with Crippen LogP contribution in [0.2, 0.25) is 0 Å². The smallest absolute Gasteiger partial charge is 0.410 e. The van der Waals surface area contributed by atoms with Gasteiger partial charge in [0.1, 0.15) is 0 Å². The lowest BCUT2D eigenvalue weighted by Crippen LogP contribution is -2.39. The molecule has 128 valence electrons. The Morgan fingerprint density at radius 1 is 1.43 bits per heavy atom. The van der Waals surface area contributed by atoms with Crippen molar-refractivity contribution in [2.45, 2.75) is 38.5 Å². The molecule has 0 saturated carbocycles. The quantitative estimate of drug-likeness (QED) is 0.920. The van der Waals surface area contributed by atoms with Gasteiger partial charge in [-0.3, -0.25) is 0 Å². The van der Waals surface area contributed by atoms with Crippen LogP contribution in [0.5, 0.6) is 0 Å². The normalized spacial score (nSPS) is 17.8. The summed E-state index contributed by atoms with van der Waals surface area (Å²) in [6, 6.07) is 5.59. The van der Waals surface area contributed by atoms with E-state index in [2.05, 4.69) is 5.32 Å². The summed E-state index contributed by atoms with van der Waals surface area (Å²) >= 11 is 0. The van der Waals surface area contributed by atoms with E-state index in [4.69, 9.17) is 4.74 Å². The van der Waals surface area contributed by atoms with Gasteiger partial charge in [-0.05, 0) is 29.5 Å². The van der Waals surface area contributed by atoms with Gasteiger partial charge in [0, 0.05) is 13.1 Å². The third-order valence-electron chi connectivity index (χ3n) is 4.02. The lowest BCUT2D eigenvalue weighted by molar-refractivity contribution is -0.125. The molecule has 0 aliphatic carbocycles. The van der Waals surface area contributed by atoms with Crippen molar-refractivity contribution in [1.29, 1.82) is 0 Å². The van der Waals surface area contributed by atoms with E-state index in [-0.39, 0.29) is 18.7 Å². The molecule has 1 aromatic carbocycles. The van der Waals surface area contributed by atoms with Gasteiger partial charge in [-0.25, -0.2) is 4.79 Å². The predicted molar refractivity (Wildman–Crippen MR) is 80.1 cm³/mol. The predicted octanol–water partition coefficient (Wildman–Crippen LogP) is 3.41. The number of methoxy groups -OCH3 is 1. The molecule has 23 heavy (non-hydrogen) atoms. The highest BCUT2D eigenvalue weighted by Crippen LogP contribution is 2.33. The first-order valence-electron chi connectivity index (χ1n) is 7.59. The number of alkyl halides is 3. The Kier molecular flexibility index (Phi) is 5.51. The second-order valence-electron chi connectivity index (χ2n) is 5.59. The summed E-state index contributed by atoms with van der Waals surface area (Å²) in [5.41, 5.74) is 2.95. The second kappa shape index (κ2) is 7.21. The van der Waals surface area contributed by atoms with Crippen molar-refractivity contribution in [2.24, 2.45) is 0 Å². The summed E-state index contributed by atoms with van der Waals surface area (Å²) in [6.07, 6.45) is -3.12. The number of rotatable bonds is 4. The number of carbonyl (C=O) groups is 1. The Bertz CT molecular complexity index is 561. The van der Waals surface area contributed by atoms with Crippen LogP contribution in [0.3, 0.4) is 0 Å². The van der Waals surface area contributed by atoms with Gasteiger partial charge in [0.2, 0.25) is 0 Å². The van der Waals surface area contributed by atoms with Crippen molar-refractivity contribution < 1.29 is 22.7 Å². The maximum atomic E-state index is 12.2. The summed E-state index contributed by atoms with van der Waals surface area (Å²) in [5.74, 6) is 0. The molecule has 0 radical (unpaired) electrons. The van der Waals surface area contributed by atoms with E-state index >= 15 is 0 Å². The minimum absolute atomic E-state index is 0.0524. The average Bonchev–Trinajstić information content (AvgIpc) is 2.51. The van der Waals surface area contributed by atoms with E-state index in [0.29, 0.717) is 13.0 Å². The molecular formula is C16H21F3N2O2. The number of carbonyl (C=O) groups excluding carboxylic acids is 1. The summed E-state index contributed by atoms with van der Waals surface area (Å²) in [6.45, 7) is 1.72. The molecule has 1 aromatic rings. The Morgan fingerprint density at radius 2 is 2.17 bits per heavy atom. The molecule has 0 saturated heterocycles. The van der Waals surface area contributed by atoms with E-state index in [0.717, 1.165) is 23.1 Å². The number of hydrogen-bond acceptors (Lipinski definition) is 3. The largest absolute Gasteiger partial charge is 0.453 e. The maximum Gasteiger partial charge on any atom is 0.410 e. The highest BCUT2D eigenvalue weighted by Gasteiger charge is 2.30. The third kappa shape index (κ3) is 4.37. The molecule has 0 fully saturated rings. The molecule has 0 bridgehead atoms. The van der Waals surface area contributed by atoms with E-state index in [9.17, 15) is 18.0 Å². The van der Waals surface area contributed by atoms with Crippen LogP contribution in [0.1, 0.15) is 36.1 Å². The van der Waals surface area contributed by atoms with Crippen LogP contribution in [0, 0.1) is 0 Å². The third-order valence-corrected chi connectivity index (χ3v) is 4.02. The van der Waals surface area contributed by atoms with Crippen LogP contribution >= 0.6 is 0 Å². The standard InChI is InChI=1S/C16H21F3N2O2/c1-3-14-13-5-4-11(9-20-10-16(17,18)19)8-12(13)6-7-21(14)15(22)23-2/h4-5,8,14,20H,3,6-7,9-10H2,1-2H3. The highest BCUT2D eigenvalue weighted by molar-refractivity contribution is 5.69. The molecule has 1 amide bonds. The zero-order valence-electron chi connectivity index (χ0n) is 13.2. The number of hydrogen-bond donors (Lipinski definition) is 1. The topological polar surface area (TPSA) is 41.6 Å². The van der Waals surface area contributed by atoms with Crippen molar-refractivity contribution in [3.63, 3.8) is 0 Å². The molecule has 7 heteroatoms. The number of nitrogens with zero attached hydrogens (tertiary/aromatic N) is 1. The van der Waals surface area contributed by atoms with Crippen molar-refractivity contribution in [1.82, 2.24) is 10.2 Å². The van der Waals surface area contributed by atoms with E-state index in [1.165, 1.54) is 7.11 Å². The number of amides is 1. The van der Waals surface area contributed by atoms with Gasteiger partial charge in [-0.15, -0.1) is 0 Å². The molecule has 0 spiro atoms. The maximum absolute atomic E-state index is 12.2. The minimum atomic E-state index is -4.21. The summed E-state index contributed by atoms with van der Waals surface area (Å²) in [5, 5.41) is 2.40. The first kappa shape index (κ1) is 17.6. The molecule has 1 N–H and O–H groups in total. The monoisotopic (exact) mass is 330 g/mol. The van der Waals surface area contributed by atoms with Gasteiger partial charge in [0.15, 0.2) is 0 Å². The first-order chi connectivity index (χ1) is 10.9. The molecule has 2 rings (SSSR count). The van der Waals surface area contributed by atoms with Crippen molar-refractivity contribution in [3.8, 4) is 0 Å². The van der Waals surface area contributed by atoms with Gasteiger partial charge >= 0.3 is 12.3 Å². The first-order valence-corrected chi connectivity index (χ1v) is 7.59. The fraction of sp³-hybridized carbons (Fsp3) is 0.562. The van der Waals surface area contributed by atoms with Gasteiger partial charge < -0.3 is 15.0 Å². The molecule has 1 atom stereocenters. The molecule has 4 nitrogen and oxygen atoms in total. The van der Waals surface area contributed by atoms with Crippen molar-refractivity contribution >= 4 is 6.09 Å². The number of halogens is 3. The molecule has 1 unspecified atom stereocenters. The molecule has 1 aliphatic heterocycles. The number of fused-ring (bicyclic) bond motifs is 1. The Labute approximate surface area is 133 Å². The Balaban J connectivity index is 2.11. The van der Waals surface area contributed by atoms with E-state index in [1.807, 2.05) is 25.1 Å². The van der Waals surface area contributed by atoms with Crippen LogP contribution in [0.4, 0.5) is 18.0 Å². The molecule has 1 aliphatic rings. The van der Waals surface area contributed by atoms with Gasteiger partial charge in [-0.2, -0.15) is 13.2 Å². The molecule has 0 aromatic heterocycles. The Morgan fingerprint density at radius 3 is 2.78 bits per heavy atom. The summed E-state index contributed by atoms with van der Waals surface area (Å²) in [4.78, 5) is 13.5. The van der Waals surface area contributed by atoms with Crippen LogP contribution in [0.25, 0.3) is 0 Å². The number of benzene rings is 1. The van der Waals surface area contributed by atoms with Gasteiger partial charge in [0.25, 0.3) is 0 Å². The van der Waals surface area contributed by atoms with Crippen molar-refractivity contribution in [2.75, 3.05) is 20.2 Å².